The first-order chi connectivity index (χ1) is 9.50. The molecule has 0 heterocycles. The van der Waals surface area contributed by atoms with Crippen LogP contribution in [0.4, 0.5) is 5.69 Å². The molecule has 0 aliphatic heterocycles. The van der Waals surface area contributed by atoms with Crippen molar-refractivity contribution >= 4 is 22.4 Å². The van der Waals surface area contributed by atoms with Crippen LogP contribution in [-0.2, 0) is 9.05 Å². The first kappa shape index (κ1) is 17.6. The molecule has 1 aromatic carbocycles. The second-order valence-electron chi connectivity index (χ2n) is 5.72. The third kappa shape index (κ3) is 5.53. The molecule has 0 saturated carbocycles. The van der Waals surface area contributed by atoms with Crippen LogP contribution >= 0.6 is 8.53 Å². The van der Waals surface area contributed by atoms with Gasteiger partial charge in [0.1, 0.15) is 0 Å². The number of nitrogens with zero attached hydrogens (tertiary/aromatic N) is 1. The van der Waals surface area contributed by atoms with E-state index in [1.165, 1.54) is 5.69 Å². The number of benzene rings is 1. The van der Waals surface area contributed by atoms with Crippen LogP contribution in [0.5, 0.6) is 0 Å². The van der Waals surface area contributed by atoms with Gasteiger partial charge in [-0.1, -0.05) is 51.7 Å². The number of anilines is 1. The van der Waals surface area contributed by atoms with Gasteiger partial charge in [0.25, 0.3) is 8.53 Å². The fourth-order valence-corrected chi connectivity index (χ4v) is 6.32. The number of hydrogen-bond donors (Lipinski definition) is 0. The summed E-state index contributed by atoms with van der Waals surface area (Å²) < 4.78 is 14.5. The minimum Gasteiger partial charge on any atom is -0.335 e. The minimum atomic E-state index is -1.58. The van der Waals surface area contributed by atoms with Gasteiger partial charge in [-0.3, -0.25) is 0 Å². The molecular weight excluding hydrogens is 285 g/mol. The molecule has 0 atom stereocenters. The van der Waals surface area contributed by atoms with E-state index in [2.05, 4.69) is 62.1 Å². The van der Waals surface area contributed by atoms with E-state index in [9.17, 15) is 0 Å². The Hall–Kier alpha value is -0.413. The maximum Gasteiger partial charge on any atom is 0.281 e. The highest BCUT2D eigenvalue weighted by molar-refractivity contribution is 7.53. The Morgan fingerprint density at radius 3 is 1.85 bits per heavy atom. The Kier molecular flexibility index (Phi) is 7.74. The van der Waals surface area contributed by atoms with Gasteiger partial charge in [-0.05, 0) is 25.0 Å². The van der Waals surface area contributed by atoms with Crippen molar-refractivity contribution in [3.63, 3.8) is 0 Å². The van der Waals surface area contributed by atoms with Crippen LogP contribution in [-0.4, -0.2) is 21.4 Å². The highest BCUT2D eigenvalue weighted by Crippen LogP contribution is 2.49. The molecule has 0 aliphatic rings. The summed E-state index contributed by atoms with van der Waals surface area (Å²) >= 11 is 0. The molecule has 0 N–H and O–H groups in total. The predicted molar refractivity (Wildman–Crippen MR) is 91.7 cm³/mol. The Morgan fingerprint density at radius 1 is 0.950 bits per heavy atom. The molecular formula is C15H28NO2PSi. The summed E-state index contributed by atoms with van der Waals surface area (Å²) in [4.78, 5) is 0. The predicted octanol–water partition coefficient (Wildman–Crippen LogP) is 5.41. The van der Waals surface area contributed by atoms with Crippen LogP contribution in [0.25, 0.3) is 0 Å². The zero-order chi connectivity index (χ0) is 15.0. The molecule has 20 heavy (non-hydrogen) atoms. The van der Waals surface area contributed by atoms with Gasteiger partial charge in [0.05, 0.1) is 13.2 Å². The Balaban J connectivity index is 2.98. The van der Waals surface area contributed by atoms with Crippen molar-refractivity contribution in [2.45, 2.75) is 46.3 Å². The van der Waals surface area contributed by atoms with E-state index in [0.29, 0.717) is 0 Å². The van der Waals surface area contributed by atoms with E-state index in [0.717, 1.165) is 26.1 Å². The molecule has 3 nitrogen and oxygen atoms in total. The maximum absolute atomic E-state index is 6.04. The second-order valence-corrected chi connectivity index (χ2v) is 12.3. The van der Waals surface area contributed by atoms with Gasteiger partial charge < -0.3 is 13.4 Å². The summed E-state index contributed by atoms with van der Waals surface area (Å²) in [5.74, 6) is 0. The first-order valence-electron chi connectivity index (χ1n) is 7.41. The van der Waals surface area contributed by atoms with Crippen molar-refractivity contribution in [3.8, 4) is 0 Å². The lowest BCUT2D eigenvalue weighted by atomic mass is 10.3. The van der Waals surface area contributed by atoms with E-state index >= 15 is 0 Å². The summed E-state index contributed by atoms with van der Waals surface area (Å²) in [6, 6.07) is 10.5. The normalized spacial score (nSPS) is 11.9. The highest BCUT2D eigenvalue weighted by Gasteiger charge is 2.33. The molecule has 0 saturated heterocycles. The van der Waals surface area contributed by atoms with E-state index in [1.54, 1.807) is 0 Å². The van der Waals surface area contributed by atoms with Crippen molar-refractivity contribution in [3.05, 3.63) is 30.3 Å². The third-order valence-corrected chi connectivity index (χ3v) is 7.79. The maximum atomic E-state index is 6.04. The highest BCUT2D eigenvalue weighted by atomic mass is 31.2. The zero-order valence-corrected chi connectivity index (χ0v) is 15.3. The van der Waals surface area contributed by atoms with Crippen LogP contribution in [0, 0.1) is 0 Å². The Morgan fingerprint density at radius 2 is 1.45 bits per heavy atom. The molecule has 1 aromatic rings. The monoisotopic (exact) mass is 313 g/mol. The standard InChI is InChI=1S/C15H28NO2PSi/c1-6-13-17-19(18-14-7-2)16(20(3,4)5)15-11-9-8-10-12-15/h8-12H,6-7,13-14H2,1-5H3. The van der Waals surface area contributed by atoms with Crippen LogP contribution in [0.2, 0.25) is 19.6 Å². The molecule has 1 rings (SSSR count). The van der Waals surface area contributed by atoms with Crippen molar-refractivity contribution < 1.29 is 9.05 Å². The lowest BCUT2D eigenvalue weighted by Gasteiger charge is -2.40. The number of rotatable bonds is 9. The lowest BCUT2D eigenvalue weighted by Crippen LogP contribution is -2.43. The molecule has 0 aromatic heterocycles. The first-order valence-corrected chi connectivity index (χ1v) is 12.0. The summed E-state index contributed by atoms with van der Waals surface area (Å²) in [6.45, 7) is 12.8. The van der Waals surface area contributed by atoms with Crippen molar-refractivity contribution in [2.75, 3.05) is 17.5 Å². The van der Waals surface area contributed by atoms with Crippen LogP contribution in [0.1, 0.15) is 26.7 Å². The molecule has 0 fully saturated rings. The molecule has 5 heteroatoms. The molecule has 0 aliphatic carbocycles. The molecule has 0 amide bonds. The number of hydrogen-bond acceptors (Lipinski definition) is 3. The summed E-state index contributed by atoms with van der Waals surface area (Å²) in [5.41, 5.74) is 1.21. The van der Waals surface area contributed by atoms with Gasteiger partial charge >= 0.3 is 0 Å². The van der Waals surface area contributed by atoms with Crippen molar-refractivity contribution in [2.24, 2.45) is 0 Å². The van der Waals surface area contributed by atoms with Gasteiger partial charge in [0, 0.05) is 5.69 Å². The summed E-state index contributed by atoms with van der Waals surface area (Å²) in [6.07, 6.45) is 2.03. The minimum absolute atomic E-state index is 0.753. The Labute approximate surface area is 126 Å². The molecule has 0 radical (unpaired) electrons. The second kappa shape index (κ2) is 8.78. The van der Waals surface area contributed by atoms with Gasteiger partial charge in [0.15, 0.2) is 8.24 Å². The van der Waals surface area contributed by atoms with Gasteiger partial charge in [-0.15, -0.1) is 0 Å². The summed E-state index contributed by atoms with van der Waals surface area (Å²) in [7, 11) is -2.58. The Bertz CT molecular complexity index is 362. The van der Waals surface area contributed by atoms with Crippen LogP contribution in [0.15, 0.2) is 30.3 Å². The molecule has 114 valence electrons. The largest absolute Gasteiger partial charge is 0.335 e. The third-order valence-electron chi connectivity index (χ3n) is 2.61. The smallest absolute Gasteiger partial charge is 0.281 e. The topological polar surface area (TPSA) is 21.7 Å². The van der Waals surface area contributed by atoms with Gasteiger partial charge in [-0.2, -0.15) is 0 Å². The van der Waals surface area contributed by atoms with Gasteiger partial charge in [-0.25, -0.2) is 0 Å². The average Bonchev–Trinajstić information content (AvgIpc) is 2.41. The van der Waals surface area contributed by atoms with E-state index in [-0.39, 0.29) is 0 Å². The molecule has 0 unspecified atom stereocenters. The fraction of sp³-hybridized carbons (Fsp3) is 0.600. The SMILES string of the molecule is CCCOP(OCCC)N(c1ccccc1)[Si](C)(C)C. The molecule has 0 bridgehead atoms. The van der Waals surface area contributed by atoms with Crippen LogP contribution in [0.3, 0.4) is 0 Å². The zero-order valence-electron chi connectivity index (χ0n) is 13.4. The number of para-hydroxylation sites is 1. The quantitative estimate of drug-likeness (QED) is 0.449. The van der Waals surface area contributed by atoms with Crippen molar-refractivity contribution in [1.29, 1.82) is 0 Å². The van der Waals surface area contributed by atoms with E-state index in [1.807, 2.05) is 6.07 Å². The summed E-state index contributed by atoms with van der Waals surface area (Å²) in [5, 5.41) is 0. The van der Waals surface area contributed by atoms with Crippen molar-refractivity contribution in [1.82, 2.24) is 0 Å². The molecule has 0 spiro atoms. The van der Waals surface area contributed by atoms with E-state index in [4.69, 9.17) is 9.05 Å². The average molecular weight is 313 g/mol. The fourth-order valence-electron chi connectivity index (χ4n) is 1.79. The van der Waals surface area contributed by atoms with Gasteiger partial charge in [0.2, 0.25) is 0 Å². The van der Waals surface area contributed by atoms with Crippen LogP contribution < -0.4 is 4.34 Å². The van der Waals surface area contributed by atoms with E-state index < -0.39 is 16.8 Å². The lowest BCUT2D eigenvalue weighted by molar-refractivity contribution is 0.250.